The molecule has 5 aliphatic heterocycles. The molecular weight excluding hydrogens is 1860 g/mol. The topological polar surface area (TPSA) is 239 Å². The molecule has 0 amide bonds. The highest BCUT2D eigenvalue weighted by atomic mass is 32.2. The Bertz CT molecular complexity index is 6370. The fourth-order valence-corrected chi connectivity index (χ4v) is 21.8. The summed E-state index contributed by atoms with van der Waals surface area (Å²) in [6.45, 7) is 10.9. The van der Waals surface area contributed by atoms with Crippen LogP contribution in [0.1, 0.15) is 101 Å². The van der Waals surface area contributed by atoms with E-state index in [1.807, 2.05) is 49.1 Å². The number of ketones is 4. The van der Waals surface area contributed by atoms with Crippen molar-refractivity contribution in [3.63, 3.8) is 0 Å². The summed E-state index contributed by atoms with van der Waals surface area (Å²) in [5.74, 6) is -1.91. The number of Topliss-reactive ketones (excluding diaryl/α,β-unsaturated/α-hetero) is 4. The molecule has 1 fully saturated rings. The van der Waals surface area contributed by atoms with Crippen LogP contribution in [0.5, 0.6) is 23.0 Å². The van der Waals surface area contributed by atoms with Gasteiger partial charge in [0.2, 0.25) is 0 Å². The zero-order valence-corrected chi connectivity index (χ0v) is 75.2. The van der Waals surface area contributed by atoms with E-state index in [0.717, 1.165) is 57.0 Å². The van der Waals surface area contributed by atoms with Crippen molar-refractivity contribution in [2.75, 3.05) is 60.7 Å². The number of thioether (sulfide) groups is 4. The molecule has 0 saturated carbocycles. The maximum Gasteiger partial charge on any atom is 0.513 e. The van der Waals surface area contributed by atoms with Crippen molar-refractivity contribution in [3.05, 3.63) is 228 Å². The molecule has 9 heterocycles. The second kappa shape index (κ2) is 40.9. The third-order valence-corrected chi connectivity index (χ3v) is 28.8. The first-order valence-corrected chi connectivity index (χ1v) is 46.6. The van der Waals surface area contributed by atoms with Crippen molar-refractivity contribution in [1.29, 1.82) is 0 Å². The van der Waals surface area contributed by atoms with Gasteiger partial charge in [0.15, 0.2) is 40.6 Å². The van der Waals surface area contributed by atoms with Crippen LogP contribution in [0, 0.1) is 29.2 Å². The molecular formula is C88H73F13N10O10S8. The van der Waals surface area contributed by atoms with Gasteiger partial charge in [0.1, 0.15) is 113 Å². The zero-order valence-electron chi connectivity index (χ0n) is 68.7. The lowest BCUT2D eigenvalue weighted by atomic mass is 10.0. The molecule has 5 aliphatic rings. The van der Waals surface area contributed by atoms with E-state index < -0.39 is 101 Å². The molecule has 4 unspecified atom stereocenters. The highest BCUT2D eigenvalue weighted by Gasteiger charge is 2.39. The first-order valence-electron chi connectivity index (χ1n) is 39.4. The van der Waals surface area contributed by atoms with Gasteiger partial charge in [0.25, 0.3) is 0 Å². The molecule has 20 nitrogen and oxygen atoms in total. The summed E-state index contributed by atoms with van der Waals surface area (Å²) < 4.78 is 208. The lowest BCUT2D eigenvalue weighted by molar-refractivity contribution is -0.142. The normalized spacial score (nSPS) is 17.1. The number of benzene rings is 8. The minimum Gasteiger partial charge on any atom is -0.489 e. The molecule has 0 aliphatic carbocycles. The SMILES string of the molecule is CC(=O)C1CSC(c2nc3ccc(OC(=O)OCC(C)C)cc3s2)=N1.CC(=O)C1CSC(c2nc3ccc(OCc4c(F)c(F)c(F)c(CN5CCN(c6ccccc6)CC5)c4F)cc3s2)=N1.CC(=O)C1CSC(c2nc3ccc(OCc4cc(C(F)(F)F)ccc4C(F)(F)F)cc3s2)=N1.CC(=O)C1CSC(c2nc3ccc(OCc4ccccc4C(F)(F)F)cc3s2)=N1. The molecule has 674 valence electrons. The standard InChI is InChI=1S/C30H26F4N4O2S2.C21H14F6N2O2S2.C20H15F3N2O2S2.C17H18N2O4S2/c1-17(39)23-16-41-29(36-23)30-35-22-8-7-19(13-24(22)42-30)40-15-21-25(31)20(26(32)28(34)27(21)33)14-37-9-11-38(12-10-37)18-5-3-2-4-6-18;1-10(30)16-9-32-18(29-16)19-28-15-5-3-13(7-17(15)33-19)31-8-11-6-12(20(22,23)24)2-4-14(11)21(25,26)27;1-11(26)16-10-28-18(25-16)19-24-15-7-6-13(8-17(15)29-19)27-9-12-4-2-3-5-14(12)20(21,22)23;1-9(2)7-22-17(21)23-11-4-5-12-14(6-11)25-16(18-12)15-19-13(8-24-15)10(3)20/h2-8,13,23H,9-12,14-16H2,1H3;2-7,16H,8-9H2,1H3;2-8,16H,9-10H2,1H3;4-6,9,13H,7-8H2,1-3H3. The lowest BCUT2D eigenvalue weighted by Gasteiger charge is -2.36. The number of piperazine rings is 1. The Hall–Kier alpha value is -10.4. The van der Waals surface area contributed by atoms with Crippen molar-refractivity contribution in [1.82, 2.24) is 24.8 Å². The highest BCUT2D eigenvalue weighted by Crippen LogP contribution is 2.42. The first-order chi connectivity index (χ1) is 61.4. The third kappa shape index (κ3) is 23.7. The van der Waals surface area contributed by atoms with Crippen LogP contribution in [0.25, 0.3) is 40.9 Å². The number of hydrogen-bond donors (Lipinski definition) is 0. The van der Waals surface area contributed by atoms with E-state index in [0.29, 0.717) is 127 Å². The molecule has 0 radical (unpaired) electrons. The van der Waals surface area contributed by atoms with Gasteiger partial charge >= 0.3 is 24.7 Å². The Morgan fingerprint density at radius 3 is 1.19 bits per heavy atom. The predicted octanol–water partition coefficient (Wildman–Crippen LogP) is 21.8. The molecule has 4 aromatic heterocycles. The zero-order chi connectivity index (χ0) is 91.9. The number of thiazole rings is 4. The van der Waals surface area contributed by atoms with Crippen LogP contribution in [0.3, 0.4) is 0 Å². The second-order valence-corrected chi connectivity index (χ2v) is 38.0. The van der Waals surface area contributed by atoms with E-state index in [4.69, 9.17) is 23.7 Å². The van der Waals surface area contributed by atoms with Crippen LogP contribution in [-0.4, -0.2) is 154 Å². The van der Waals surface area contributed by atoms with Crippen LogP contribution in [-0.2, 0) is 68.8 Å². The quantitative estimate of drug-likeness (QED) is 0.0190. The molecule has 0 bridgehead atoms. The van der Waals surface area contributed by atoms with Crippen LogP contribution in [0.15, 0.2) is 166 Å². The predicted molar refractivity (Wildman–Crippen MR) is 480 cm³/mol. The summed E-state index contributed by atoms with van der Waals surface area (Å²) in [6.07, 6.45) is -14.7. The average Bonchev–Trinajstić information content (AvgIpc) is 1.67. The van der Waals surface area contributed by atoms with Crippen molar-refractivity contribution in [2.24, 2.45) is 25.9 Å². The first kappa shape index (κ1) is 94.7. The average molecular weight is 1930 g/mol. The molecule has 41 heteroatoms. The van der Waals surface area contributed by atoms with Gasteiger partial charge in [-0.05, 0) is 137 Å². The number of nitrogens with zero attached hydrogens (tertiary/aromatic N) is 10. The maximum absolute atomic E-state index is 15.5. The van der Waals surface area contributed by atoms with E-state index in [1.165, 1.54) is 120 Å². The number of aliphatic imine (C=N–C) groups is 4. The fourth-order valence-electron chi connectivity index (χ4n) is 13.1. The van der Waals surface area contributed by atoms with Crippen LogP contribution in [0.2, 0.25) is 0 Å². The number of halogens is 13. The minimum atomic E-state index is -4.82. The van der Waals surface area contributed by atoms with Gasteiger partial charge in [-0.2, -0.15) is 39.5 Å². The molecule has 4 atom stereocenters. The number of aromatic nitrogens is 4. The summed E-state index contributed by atoms with van der Waals surface area (Å²) >= 11 is 11.4. The summed E-state index contributed by atoms with van der Waals surface area (Å²) in [5.41, 5.74) is -0.885. The molecule has 0 spiro atoms. The maximum atomic E-state index is 15.5. The van der Waals surface area contributed by atoms with E-state index in [-0.39, 0.29) is 71.6 Å². The fraction of sp³-hybridized carbons (Fsp3) is 0.307. The number of carbonyl (C=O) groups is 5. The van der Waals surface area contributed by atoms with Crippen LogP contribution >= 0.6 is 92.4 Å². The number of hydrogen-bond acceptors (Lipinski definition) is 28. The largest absolute Gasteiger partial charge is 0.513 e. The summed E-state index contributed by atoms with van der Waals surface area (Å²) in [5, 5.41) is 5.65. The van der Waals surface area contributed by atoms with Gasteiger partial charge in [0, 0.05) is 84.2 Å². The van der Waals surface area contributed by atoms with Gasteiger partial charge < -0.3 is 28.6 Å². The highest BCUT2D eigenvalue weighted by molar-refractivity contribution is 8.16. The molecule has 8 aromatic carbocycles. The van der Waals surface area contributed by atoms with Crippen molar-refractivity contribution >= 4 is 188 Å². The van der Waals surface area contributed by atoms with Crippen molar-refractivity contribution in [2.45, 2.75) is 111 Å². The molecule has 0 N–H and O–H groups in total. The number of carbonyl (C=O) groups excluding carboxylic acids is 5. The van der Waals surface area contributed by atoms with Crippen LogP contribution < -0.4 is 23.8 Å². The van der Waals surface area contributed by atoms with Crippen LogP contribution in [0.4, 0.5) is 67.6 Å². The van der Waals surface area contributed by atoms with Gasteiger partial charge in [-0.3, -0.25) is 44.0 Å². The molecule has 17 rings (SSSR count). The number of alkyl halides is 9. The van der Waals surface area contributed by atoms with Gasteiger partial charge in [-0.25, -0.2) is 42.3 Å². The Balaban J connectivity index is 0.000000142. The number of fused-ring (bicyclic) bond motifs is 4. The van der Waals surface area contributed by atoms with E-state index >= 15 is 4.39 Å². The van der Waals surface area contributed by atoms with E-state index in [9.17, 15) is 76.7 Å². The number of ether oxygens (including phenoxy) is 5. The second-order valence-electron chi connectivity index (χ2n) is 29.8. The number of anilines is 1. The smallest absolute Gasteiger partial charge is 0.489 e. The van der Waals surface area contributed by atoms with Gasteiger partial charge in [-0.15, -0.1) is 92.4 Å². The molecule has 12 aromatic rings. The summed E-state index contributed by atoms with van der Waals surface area (Å²) in [6, 6.07) is 35.1. The number of rotatable bonds is 23. The van der Waals surface area contributed by atoms with Crippen molar-refractivity contribution < 1.29 is 105 Å². The Morgan fingerprint density at radius 1 is 0.411 bits per heavy atom. The Labute approximate surface area is 760 Å². The Kier molecular flexibility index (Phi) is 30.1. The van der Waals surface area contributed by atoms with Gasteiger partial charge in [-0.1, -0.05) is 50.2 Å². The molecule has 1 saturated heterocycles. The van der Waals surface area contributed by atoms with Gasteiger partial charge in [0.05, 0.1) is 69.7 Å². The van der Waals surface area contributed by atoms with E-state index in [1.54, 1.807) is 91.5 Å². The molecule has 129 heavy (non-hydrogen) atoms. The minimum absolute atomic E-state index is 0.000203. The third-order valence-electron chi connectivity index (χ3n) is 19.9. The summed E-state index contributed by atoms with van der Waals surface area (Å²) in [7, 11) is 0. The lowest BCUT2D eigenvalue weighted by Crippen LogP contribution is -2.46. The summed E-state index contributed by atoms with van der Waals surface area (Å²) in [4.78, 5) is 97.5. The Morgan fingerprint density at radius 2 is 0.791 bits per heavy atom. The monoisotopic (exact) mass is 1930 g/mol. The van der Waals surface area contributed by atoms with Crippen molar-refractivity contribution in [3.8, 4) is 23.0 Å². The number of para-hydroxylation sites is 1. The van der Waals surface area contributed by atoms with E-state index in [2.05, 4.69) is 44.8 Å².